The molecule has 16 heavy (non-hydrogen) atoms. The van der Waals surface area contributed by atoms with Crippen molar-refractivity contribution in [2.24, 2.45) is 0 Å². The maximum atomic E-state index is 11.1. The Morgan fingerprint density at radius 1 is 1.25 bits per heavy atom. The van der Waals surface area contributed by atoms with Crippen LogP contribution < -0.4 is 0 Å². The highest BCUT2D eigenvalue weighted by Gasteiger charge is 2.46. The Labute approximate surface area is 102 Å². The molecule has 96 valence electrons. The lowest BCUT2D eigenvalue weighted by atomic mass is 10.3. The third-order valence-electron chi connectivity index (χ3n) is 2.00. The fourth-order valence-electron chi connectivity index (χ4n) is 1.21. The van der Waals surface area contributed by atoms with Crippen LogP contribution in [0.4, 0.5) is 0 Å². The summed E-state index contributed by atoms with van der Waals surface area (Å²) in [5.74, 6) is -1.05. The van der Waals surface area contributed by atoms with Crippen LogP contribution in [0.5, 0.6) is 0 Å². The van der Waals surface area contributed by atoms with Gasteiger partial charge in [0, 0.05) is 21.3 Å². The van der Waals surface area contributed by atoms with Crippen molar-refractivity contribution in [2.75, 3.05) is 21.3 Å². The lowest BCUT2D eigenvalue weighted by Gasteiger charge is -2.24. The Bertz CT molecular complexity index is 230. The van der Waals surface area contributed by atoms with Gasteiger partial charge in [0.15, 0.2) is 0 Å². The molecule has 0 fully saturated rings. The van der Waals surface area contributed by atoms with Crippen LogP contribution in [0.25, 0.3) is 0 Å². The quantitative estimate of drug-likeness (QED) is 0.509. The molecule has 0 saturated heterocycles. The molecule has 0 aromatic heterocycles. The predicted octanol–water partition coefficient (Wildman–Crippen LogP) is -0.237. The first-order valence-electron chi connectivity index (χ1n) is 4.67. The molecule has 7 heteroatoms. The average molecular weight is 266 g/mol. The zero-order valence-electron chi connectivity index (χ0n) is 9.57. The van der Waals surface area contributed by atoms with Crippen LogP contribution in [0, 0.1) is 0 Å². The van der Waals surface area contributed by atoms with Crippen LogP contribution in [-0.2, 0) is 18.1 Å². The standard InChI is InChI=1S/C9H18O5Si.H4Si/c1-5-6-7-8(9(10)11)15(12-2,13-3)14-4;/h7H,5-6H2,1-4H3,(H,10,11);1H4/b8-7+;. The van der Waals surface area contributed by atoms with Gasteiger partial charge in [-0.2, -0.15) is 0 Å². The number of allylic oxidation sites excluding steroid dienone is 1. The van der Waals surface area contributed by atoms with Crippen molar-refractivity contribution in [1.29, 1.82) is 0 Å². The summed E-state index contributed by atoms with van der Waals surface area (Å²) in [6, 6.07) is 0. The maximum absolute atomic E-state index is 11.1. The van der Waals surface area contributed by atoms with Crippen molar-refractivity contribution in [3.8, 4) is 0 Å². The van der Waals surface area contributed by atoms with Gasteiger partial charge in [-0.3, -0.25) is 0 Å². The van der Waals surface area contributed by atoms with E-state index < -0.39 is 14.8 Å². The van der Waals surface area contributed by atoms with Gasteiger partial charge in [-0.15, -0.1) is 0 Å². The third-order valence-corrected chi connectivity index (χ3v) is 4.69. The van der Waals surface area contributed by atoms with Crippen molar-refractivity contribution in [3.05, 3.63) is 11.3 Å². The van der Waals surface area contributed by atoms with Crippen molar-refractivity contribution >= 4 is 25.7 Å². The Morgan fingerprint density at radius 3 is 1.94 bits per heavy atom. The van der Waals surface area contributed by atoms with Gasteiger partial charge in [-0.05, 0) is 17.4 Å². The normalized spacial score (nSPS) is 12.1. The van der Waals surface area contributed by atoms with E-state index in [1.807, 2.05) is 6.92 Å². The predicted molar refractivity (Wildman–Crippen MR) is 68.7 cm³/mol. The molecule has 0 atom stereocenters. The van der Waals surface area contributed by atoms with E-state index >= 15 is 0 Å². The number of aliphatic carboxylic acids is 1. The lowest BCUT2D eigenvalue weighted by Crippen LogP contribution is -2.48. The second-order valence-corrected chi connectivity index (χ2v) is 5.76. The molecule has 0 aromatic rings. The molecule has 5 nitrogen and oxygen atoms in total. The van der Waals surface area contributed by atoms with Crippen molar-refractivity contribution in [2.45, 2.75) is 19.8 Å². The summed E-state index contributed by atoms with van der Waals surface area (Å²) in [7, 11) is 0.987. The minimum absolute atomic E-state index is 0. The van der Waals surface area contributed by atoms with Crippen LogP contribution in [-0.4, -0.2) is 52.2 Å². The highest BCUT2D eigenvalue weighted by Crippen LogP contribution is 2.18. The van der Waals surface area contributed by atoms with E-state index in [0.717, 1.165) is 6.42 Å². The molecule has 0 unspecified atom stereocenters. The molecule has 0 radical (unpaired) electrons. The summed E-state index contributed by atoms with van der Waals surface area (Å²) in [5.41, 5.74) is 0. The Kier molecular flexibility index (Phi) is 9.68. The first-order chi connectivity index (χ1) is 7.07. The average Bonchev–Trinajstić information content (AvgIpc) is 2.24. The highest BCUT2D eigenvalue weighted by atomic mass is 28.4. The summed E-state index contributed by atoms with van der Waals surface area (Å²) < 4.78 is 15.3. The highest BCUT2D eigenvalue weighted by molar-refractivity contribution is 6.73. The molecular formula is C9H22O5Si2. The molecule has 0 aromatic carbocycles. The van der Waals surface area contributed by atoms with Gasteiger partial charge in [0.2, 0.25) is 0 Å². The molecule has 0 aliphatic carbocycles. The second-order valence-electron chi connectivity index (χ2n) is 2.88. The summed E-state index contributed by atoms with van der Waals surface area (Å²) in [6.45, 7) is 1.96. The lowest BCUT2D eigenvalue weighted by molar-refractivity contribution is -0.132. The topological polar surface area (TPSA) is 65.0 Å². The van der Waals surface area contributed by atoms with Gasteiger partial charge < -0.3 is 18.4 Å². The molecule has 0 aliphatic heterocycles. The van der Waals surface area contributed by atoms with E-state index in [-0.39, 0.29) is 16.2 Å². The summed E-state index contributed by atoms with van der Waals surface area (Å²) in [4.78, 5) is 11.1. The summed E-state index contributed by atoms with van der Waals surface area (Å²) in [5, 5.41) is 9.15. The fourth-order valence-corrected chi connectivity index (χ4v) is 3.03. The number of carboxylic acid groups (broad SMARTS) is 1. The molecule has 0 amide bonds. The number of rotatable bonds is 7. The Balaban J connectivity index is 0. The number of unbranched alkanes of at least 4 members (excludes halogenated alkanes) is 1. The molecule has 0 heterocycles. The molecule has 0 bridgehead atoms. The molecule has 0 spiro atoms. The van der Waals surface area contributed by atoms with Crippen molar-refractivity contribution in [3.63, 3.8) is 0 Å². The smallest absolute Gasteiger partial charge is 0.478 e. The van der Waals surface area contributed by atoms with Crippen LogP contribution in [0.2, 0.25) is 0 Å². The molecular weight excluding hydrogens is 244 g/mol. The van der Waals surface area contributed by atoms with Crippen LogP contribution in [0.1, 0.15) is 19.8 Å². The Hall–Kier alpha value is -0.476. The first-order valence-corrected chi connectivity index (χ1v) is 6.39. The van der Waals surface area contributed by atoms with E-state index in [0.29, 0.717) is 6.42 Å². The van der Waals surface area contributed by atoms with E-state index in [2.05, 4.69) is 0 Å². The van der Waals surface area contributed by atoms with Crippen LogP contribution >= 0.6 is 0 Å². The zero-order chi connectivity index (χ0) is 11.9. The first kappa shape index (κ1) is 17.9. The largest absolute Gasteiger partial charge is 0.543 e. The summed E-state index contributed by atoms with van der Waals surface area (Å²) in [6.07, 6.45) is 3.12. The molecule has 0 rings (SSSR count). The van der Waals surface area contributed by atoms with Gasteiger partial charge in [-0.25, -0.2) is 4.79 Å². The Morgan fingerprint density at radius 2 is 1.69 bits per heavy atom. The van der Waals surface area contributed by atoms with Crippen LogP contribution in [0.3, 0.4) is 0 Å². The van der Waals surface area contributed by atoms with Gasteiger partial charge in [0.05, 0.1) is 0 Å². The molecule has 0 aliphatic rings. The zero-order valence-corrected chi connectivity index (χ0v) is 10.6. The van der Waals surface area contributed by atoms with E-state index in [4.69, 9.17) is 18.4 Å². The number of hydrogen-bond donors (Lipinski definition) is 1. The maximum Gasteiger partial charge on any atom is 0.543 e. The SMILES string of the molecule is CCC/C=C(\C(=O)O)[Si](OC)(OC)OC.[SiH4]. The van der Waals surface area contributed by atoms with Gasteiger partial charge >= 0.3 is 14.8 Å². The minimum atomic E-state index is -3.19. The van der Waals surface area contributed by atoms with Crippen molar-refractivity contribution in [1.82, 2.24) is 0 Å². The van der Waals surface area contributed by atoms with Gasteiger partial charge in [-0.1, -0.05) is 19.4 Å². The number of carbonyl (C=O) groups is 1. The monoisotopic (exact) mass is 266 g/mol. The second kappa shape index (κ2) is 8.65. The fraction of sp³-hybridized carbons (Fsp3) is 0.667. The van der Waals surface area contributed by atoms with E-state index in [1.54, 1.807) is 6.08 Å². The number of carboxylic acids is 1. The van der Waals surface area contributed by atoms with Gasteiger partial charge in [0.1, 0.15) is 5.20 Å². The van der Waals surface area contributed by atoms with Crippen LogP contribution in [0.15, 0.2) is 11.3 Å². The minimum Gasteiger partial charge on any atom is -0.478 e. The van der Waals surface area contributed by atoms with E-state index in [1.165, 1.54) is 21.3 Å². The van der Waals surface area contributed by atoms with Gasteiger partial charge in [0.25, 0.3) is 0 Å². The van der Waals surface area contributed by atoms with Crippen molar-refractivity contribution < 1.29 is 23.2 Å². The van der Waals surface area contributed by atoms with E-state index in [9.17, 15) is 4.79 Å². The third kappa shape index (κ3) is 4.18. The molecule has 0 saturated carbocycles. The molecule has 1 N–H and O–H groups in total. The number of hydrogen-bond acceptors (Lipinski definition) is 4. The summed E-state index contributed by atoms with van der Waals surface area (Å²) >= 11 is 0.